The van der Waals surface area contributed by atoms with Crippen molar-refractivity contribution < 1.29 is 14.6 Å². The summed E-state index contributed by atoms with van der Waals surface area (Å²) in [6, 6.07) is 1.71. The first-order valence-corrected chi connectivity index (χ1v) is 10.2. The number of nitrogens with zero attached hydrogens (tertiary/aromatic N) is 2. The van der Waals surface area contributed by atoms with Crippen LogP contribution in [0.3, 0.4) is 0 Å². The molecule has 6 heteroatoms. The topological polar surface area (TPSA) is 88.7 Å². The molecule has 0 amide bonds. The summed E-state index contributed by atoms with van der Waals surface area (Å²) in [6.45, 7) is 16.5. The Hall–Kier alpha value is -2.60. The van der Waals surface area contributed by atoms with Crippen LogP contribution < -0.4 is 10.6 Å². The van der Waals surface area contributed by atoms with Crippen molar-refractivity contribution in [1.29, 1.82) is 0 Å². The molecule has 1 saturated heterocycles. The second-order valence-corrected chi connectivity index (χ2v) is 6.84. The van der Waals surface area contributed by atoms with E-state index in [9.17, 15) is 9.90 Å². The zero-order valence-corrected chi connectivity index (χ0v) is 18.4. The normalized spacial score (nSPS) is 15.7. The number of fused-ring (bicyclic) bond motifs is 1. The molecule has 0 atom stereocenters. The van der Waals surface area contributed by atoms with Gasteiger partial charge in [0.05, 0.1) is 18.9 Å². The SMILES string of the molecule is C=C(/C=C(\C)N)/C(C)=C\C.CC.O=C(O)c1cc2c(nc1N1CCCC1)COC2. The van der Waals surface area contributed by atoms with Gasteiger partial charge in [-0.05, 0) is 56.9 Å². The highest BCUT2D eigenvalue weighted by Gasteiger charge is 2.25. The Morgan fingerprint density at radius 2 is 1.90 bits per heavy atom. The van der Waals surface area contributed by atoms with Crippen LogP contribution >= 0.6 is 0 Å². The Morgan fingerprint density at radius 1 is 1.28 bits per heavy atom. The predicted octanol–water partition coefficient (Wildman–Crippen LogP) is 4.81. The molecule has 1 aromatic heterocycles. The molecule has 3 N–H and O–H groups in total. The van der Waals surface area contributed by atoms with E-state index in [1.807, 2.05) is 46.8 Å². The van der Waals surface area contributed by atoms with Crippen LogP contribution in [0.2, 0.25) is 0 Å². The van der Waals surface area contributed by atoms with Crippen LogP contribution in [0.15, 0.2) is 41.6 Å². The number of pyridine rings is 1. The number of nitrogens with two attached hydrogens (primary N) is 1. The maximum atomic E-state index is 11.3. The molecule has 0 spiro atoms. The van der Waals surface area contributed by atoms with Crippen molar-refractivity contribution >= 4 is 11.8 Å². The molecule has 2 aliphatic rings. The fraction of sp³-hybridized carbons (Fsp3) is 0.478. The summed E-state index contributed by atoms with van der Waals surface area (Å²) in [7, 11) is 0. The van der Waals surface area contributed by atoms with Crippen LogP contribution in [0, 0.1) is 0 Å². The van der Waals surface area contributed by atoms with Crippen LogP contribution in [0.5, 0.6) is 0 Å². The van der Waals surface area contributed by atoms with Gasteiger partial charge in [0.2, 0.25) is 0 Å². The van der Waals surface area contributed by atoms with E-state index in [1.165, 1.54) is 5.57 Å². The van der Waals surface area contributed by atoms with Crippen molar-refractivity contribution in [1.82, 2.24) is 4.98 Å². The summed E-state index contributed by atoms with van der Waals surface area (Å²) in [6.07, 6.45) is 6.10. The Bertz CT molecular complexity index is 772. The summed E-state index contributed by atoms with van der Waals surface area (Å²) in [5.41, 5.74) is 10.5. The van der Waals surface area contributed by atoms with Crippen LogP contribution in [0.1, 0.15) is 69.1 Å². The first kappa shape index (κ1) is 24.4. The molecule has 0 aliphatic carbocycles. The molecule has 0 bridgehead atoms. The van der Waals surface area contributed by atoms with Gasteiger partial charge >= 0.3 is 5.97 Å². The third-order valence-electron chi connectivity index (χ3n) is 4.64. The maximum absolute atomic E-state index is 11.3. The van der Waals surface area contributed by atoms with E-state index in [4.69, 9.17) is 10.5 Å². The summed E-state index contributed by atoms with van der Waals surface area (Å²) < 4.78 is 5.29. The minimum absolute atomic E-state index is 0.302. The molecule has 0 aromatic carbocycles. The van der Waals surface area contributed by atoms with E-state index < -0.39 is 5.97 Å². The number of hydrogen-bond acceptors (Lipinski definition) is 5. The van der Waals surface area contributed by atoms with E-state index in [2.05, 4.69) is 16.5 Å². The number of allylic oxidation sites excluding steroid dienone is 5. The Balaban J connectivity index is 0.000000304. The van der Waals surface area contributed by atoms with Crippen molar-refractivity contribution in [3.05, 3.63) is 58.5 Å². The van der Waals surface area contributed by atoms with Crippen LogP contribution in [-0.2, 0) is 18.0 Å². The fourth-order valence-corrected chi connectivity index (χ4v) is 2.99. The minimum atomic E-state index is -0.908. The number of hydrogen-bond donors (Lipinski definition) is 2. The van der Waals surface area contributed by atoms with Gasteiger partial charge < -0.3 is 20.5 Å². The molecular formula is C23H35N3O3. The highest BCUT2D eigenvalue weighted by Crippen LogP contribution is 2.28. The zero-order chi connectivity index (χ0) is 22.0. The van der Waals surface area contributed by atoms with Crippen molar-refractivity contribution in [3.8, 4) is 0 Å². The van der Waals surface area contributed by atoms with Crippen molar-refractivity contribution in [2.24, 2.45) is 5.73 Å². The second kappa shape index (κ2) is 12.1. The molecule has 2 aliphatic heterocycles. The number of carboxylic acid groups (broad SMARTS) is 1. The van der Waals surface area contributed by atoms with Crippen LogP contribution in [0.25, 0.3) is 0 Å². The number of ether oxygens (including phenoxy) is 1. The number of rotatable bonds is 4. The molecule has 3 rings (SSSR count). The number of carbonyl (C=O) groups is 1. The molecule has 29 heavy (non-hydrogen) atoms. The maximum Gasteiger partial charge on any atom is 0.339 e. The lowest BCUT2D eigenvalue weighted by Gasteiger charge is -2.19. The fourth-order valence-electron chi connectivity index (χ4n) is 2.99. The number of anilines is 1. The van der Waals surface area contributed by atoms with Gasteiger partial charge in [-0.15, -0.1) is 0 Å². The van der Waals surface area contributed by atoms with Gasteiger partial charge in [-0.25, -0.2) is 9.78 Å². The van der Waals surface area contributed by atoms with E-state index in [0.717, 1.165) is 48.5 Å². The minimum Gasteiger partial charge on any atom is -0.478 e. The van der Waals surface area contributed by atoms with Crippen LogP contribution in [0.4, 0.5) is 5.82 Å². The molecule has 1 fully saturated rings. The quantitative estimate of drug-likeness (QED) is 0.704. The van der Waals surface area contributed by atoms with E-state index in [0.29, 0.717) is 24.6 Å². The largest absolute Gasteiger partial charge is 0.478 e. The van der Waals surface area contributed by atoms with Gasteiger partial charge in [0.1, 0.15) is 11.4 Å². The first-order chi connectivity index (χ1) is 13.8. The van der Waals surface area contributed by atoms with Gasteiger partial charge in [0.25, 0.3) is 0 Å². The summed E-state index contributed by atoms with van der Waals surface area (Å²) in [4.78, 5) is 17.8. The van der Waals surface area contributed by atoms with E-state index >= 15 is 0 Å². The summed E-state index contributed by atoms with van der Waals surface area (Å²) in [5, 5.41) is 9.25. The average molecular weight is 402 g/mol. The lowest BCUT2D eigenvalue weighted by Crippen LogP contribution is -2.22. The Kier molecular flexibility index (Phi) is 10.2. The van der Waals surface area contributed by atoms with Gasteiger partial charge in [0, 0.05) is 24.4 Å². The van der Waals surface area contributed by atoms with Gasteiger partial charge in [0.15, 0.2) is 0 Å². The van der Waals surface area contributed by atoms with Gasteiger partial charge in [-0.1, -0.05) is 26.5 Å². The molecular weight excluding hydrogens is 366 g/mol. The smallest absolute Gasteiger partial charge is 0.339 e. The van der Waals surface area contributed by atoms with Crippen molar-refractivity contribution in [3.63, 3.8) is 0 Å². The molecule has 0 saturated carbocycles. The molecule has 6 nitrogen and oxygen atoms in total. The molecule has 0 unspecified atom stereocenters. The highest BCUT2D eigenvalue weighted by molar-refractivity contribution is 5.93. The summed E-state index contributed by atoms with van der Waals surface area (Å²) >= 11 is 0. The van der Waals surface area contributed by atoms with E-state index in [1.54, 1.807) is 6.07 Å². The predicted molar refractivity (Wildman–Crippen MR) is 119 cm³/mol. The van der Waals surface area contributed by atoms with Crippen molar-refractivity contribution in [2.45, 2.75) is 60.7 Å². The zero-order valence-electron chi connectivity index (χ0n) is 18.4. The van der Waals surface area contributed by atoms with Crippen LogP contribution in [-0.4, -0.2) is 29.1 Å². The van der Waals surface area contributed by atoms with Gasteiger partial charge in [-0.2, -0.15) is 0 Å². The molecule has 3 heterocycles. The Morgan fingerprint density at radius 3 is 2.41 bits per heavy atom. The third kappa shape index (κ3) is 7.06. The number of carboxylic acids is 1. The standard InChI is InChI=1S/C12H14N2O3.C9H15N.C2H6/c15-12(16)9-5-8-6-17-7-10(8)13-11(9)14-3-1-2-4-14;1-5-7(2)8(3)6-9(4)10;1-2/h5H,1-4,6-7H2,(H,15,16);5-6H,3,10H2,1-2,4H3;1-2H3/b;7-5-,9-6+;. The first-order valence-electron chi connectivity index (χ1n) is 10.2. The number of aromatic nitrogens is 1. The second-order valence-electron chi connectivity index (χ2n) is 6.84. The lowest BCUT2D eigenvalue weighted by atomic mass is 10.1. The lowest BCUT2D eigenvalue weighted by molar-refractivity contribution is 0.0697. The highest BCUT2D eigenvalue weighted by atomic mass is 16.5. The molecule has 1 aromatic rings. The van der Waals surface area contributed by atoms with E-state index in [-0.39, 0.29) is 0 Å². The van der Waals surface area contributed by atoms with Crippen molar-refractivity contribution in [2.75, 3.05) is 18.0 Å². The van der Waals surface area contributed by atoms with Gasteiger partial charge in [-0.3, -0.25) is 0 Å². The molecule has 0 radical (unpaired) electrons. The summed E-state index contributed by atoms with van der Waals surface area (Å²) in [5.74, 6) is -0.298. The average Bonchev–Trinajstić information content (AvgIpc) is 3.39. The third-order valence-corrected chi connectivity index (χ3v) is 4.64. The number of aromatic carboxylic acids is 1. The monoisotopic (exact) mass is 401 g/mol. The molecule has 160 valence electrons. The Labute approximate surface area is 174 Å².